The molecule has 17 heavy (non-hydrogen) atoms. The molecule has 2 heterocycles. The Hall–Kier alpha value is -1.95. The maximum Gasteiger partial charge on any atom is 0.267 e. The zero-order valence-electron chi connectivity index (χ0n) is 8.97. The van der Waals surface area contributed by atoms with Gasteiger partial charge >= 0.3 is 0 Å². The van der Waals surface area contributed by atoms with Crippen LogP contribution >= 0.6 is 11.3 Å². The van der Waals surface area contributed by atoms with Crippen molar-refractivity contribution in [2.24, 2.45) is 0 Å². The summed E-state index contributed by atoms with van der Waals surface area (Å²) in [6.45, 7) is 0.499. The van der Waals surface area contributed by atoms with Gasteiger partial charge in [-0.2, -0.15) is 0 Å². The SMILES string of the molecule is O=C(NCCc1cscn1)c1cccc(=O)[nH]1. The molecule has 2 rings (SSSR count). The summed E-state index contributed by atoms with van der Waals surface area (Å²) in [5.41, 5.74) is 2.70. The van der Waals surface area contributed by atoms with Gasteiger partial charge in [0, 0.05) is 24.4 Å². The van der Waals surface area contributed by atoms with Gasteiger partial charge in [0.1, 0.15) is 5.69 Å². The van der Waals surface area contributed by atoms with E-state index in [1.54, 1.807) is 17.6 Å². The molecular formula is C11H11N3O2S. The summed E-state index contributed by atoms with van der Waals surface area (Å²) < 4.78 is 0. The van der Waals surface area contributed by atoms with Crippen molar-refractivity contribution in [2.45, 2.75) is 6.42 Å². The topological polar surface area (TPSA) is 74.8 Å². The number of aromatic amines is 1. The number of amides is 1. The predicted octanol–water partition coefficient (Wildman–Crippen LogP) is 0.804. The van der Waals surface area contributed by atoms with Crippen LogP contribution in [0.5, 0.6) is 0 Å². The highest BCUT2D eigenvalue weighted by Crippen LogP contribution is 2.00. The van der Waals surface area contributed by atoms with Crippen LogP contribution in [0.15, 0.2) is 33.9 Å². The number of H-pyrrole nitrogens is 1. The normalized spacial score (nSPS) is 10.1. The van der Waals surface area contributed by atoms with Gasteiger partial charge in [0.25, 0.3) is 5.91 Å². The molecule has 0 aromatic carbocycles. The van der Waals surface area contributed by atoms with Crippen molar-refractivity contribution in [1.29, 1.82) is 0 Å². The fourth-order valence-corrected chi connectivity index (χ4v) is 1.93. The van der Waals surface area contributed by atoms with Crippen molar-refractivity contribution in [3.8, 4) is 0 Å². The second-order valence-corrected chi connectivity index (χ2v) is 4.13. The maximum absolute atomic E-state index is 11.6. The molecule has 0 aliphatic rings. The molecule has 0 aliphatic heterocycles. The highest BCUT2D eigenvalue weighted by Gasteiger charge is 2.05. The molecule has 2 aromatic rings. The Labute approximate surface area is 102 Å². The first-order valence-corrected chi connectivity index (χ1v) is 6.04. The zero-order valence-corrected chi connectivity index (χ0v) is 9.79. The summed E-state index contributed by atoms with van der Waals surface area (Å²) >= 11 is 1.53. The van der Waals surface area contributed by atoms with Crippen LogP contribution in [0.2, 0.25) is 0 Å². The van der Waals surface area contributed by atoms with Crippen molar-refractivity contribution < 1.29 is 4.79 Å². The fourth-order valence-electron chi connectivity index (χ4n) is 1.34. The van der Waals surface area contributed by atoms with Gasteiger partial charge in [-0.25, -0.2) is 4.98 Å². The van der Waals surface area contributed by atoms with Crippen LogP contribution in [-0.4, -0.2) is 22.4 Å². The molecule has 2 N–H and O–H groups in total. The highest BCUT2D eigenvalue weighted by molar-refractivity contribution is 7.07. The van der Waals surface area contributed by atoms with E-state index in [0.29, 0.717) is 13.0 Å². The lowest BCUT2D eigenvalue weighted by atomic mass is 10.3. The van der Waals surface area contributed by atoms with Gasteiger partial charge in [-0.3, -0.25) is 9.59 Å². The molecule has 0 atom stereocenters. The van der Waals surface area contributed by atoms with Crippen LogP contribution in [-0.2, 0) is 6.42 Å². The second kappa shape index (κ2) is 5.40. The van der Waals surface area contributed by atoms with Gasteiger partial charge in [-0.05, 0) is 6.07 Å². The second-order valence-electron chi connectivity index (χ2n) is 3.41. The van der Waals surface area contributed by atoms with Crippen molar-refractivity contribution in [3.63, 3.8) is 0 Å². The Balaban J connectivity index is 1.87. The standard InChI is InChI=1S/C11H11N3O2S/c15-10-3-1-2-9(14-10)11(16)12-5-4-8-6-17-7-13-8/h1-3,6-7H,4-5H2,(H,12,16)(H,14,15). The number of nitrogens with one attached hydrogen (secondary N) is 2. The Bertz CT molecular complexity index is 548. The van der Waals surface area contributed by atoms with Crippen molar-refractivity contribution >= 4 is 17.2 Å². The average Bonchev–Trinajstić information content (AvgIpc) is 2.82. The number of nitrogens with zero attached hydrogens (tertiary/aromatic N) is 1. The summed E-state index contributed by atoms with van der Waals surface area (Å²) in [6, 6.07) is 4.49. The molecule has 2 aromatic heterocycles. The lowest BCUT2D eigenvalue weighted by Gasteiger charge is -2.03. The summed E-state index contributed by atoms with van der Waals surface area (Å²) in [7, 11) is 0. The number of hydrogen-bond donors (Lipinski definition) is 2. The zero-order chi connectivity index (χ0) is 12.1. The number of rotatable bonds is 4. The largest absolute Gasteiger partial charge is 0.350 e. The summed E-state index contributed by atoms with van der Waals surface area (Å²) in [5, 5.41) is 4.66. The van der Waals surface area contributed by atoms with Crippen LogP contribution in [0.1, 0.15) is 16.2 Å². The molecule has 0 aliphatic carbocycles. The van der Waals surface area contributed by atoms with Gasteiger partial charge in [0.05, 0.1) is 11.2 Å². The first-order chi connectivity index (χ1) is 8.25. The van der Waals surface area contributed by atoms with Gasteiger partial charge in [0.2, 0.25) is 5.56 Å². The number of carbonyl (C=O) groups excluding carboxylic acids is 1. The van der Waals surface area contributed by atoms with E-state index in [-0.39, 0.29) is 17.2 Å². The third kappa shape index (κ3) is 3.25. The maximum atomic E-state index is 11.6. The average molecular weight is 249 g/mol. The molecule has 0 unspecified atom stereocenters. The van der Waals surface area contributed by atoms with Crippen molar-refractivity contribution in [1.82, 2.24) is 15.3 Å². The van der Waals surface area contributed by atoms with Crippen LogP contribution in [0.4, 0.5) is 0 Å². The summed E-state index contributed by atoms with van der Waals surface area (Å²) in [6.07, 6.45) is 0.687. The van der Waals surface area contributed by atoms with Crippen LogP contribution in [0, 0.1) is 0 Å². The van der Waals surface area contributed by atoms with E-state index < -0.39 is 0 Å². The van der Waals surface area contributed by atoms with Crippen LogP contribution in [0.3, 0.4) is 0 Å². The van der Waals surface area contributed by atoms with Crippen LogP contribution < -0.4 is 10.9 Å². The summed E-state index contributed by atoms with van der Waals surface area (Å²) in [4.78, 5) is 29.2. The molecule has 0 fully saturated rings. The van der Waals surface area contributed by atoms with E-state index >= 15 is 0 Å². The molecular weight excluding hydrogens is 238 g/mol. The first kappa shape index (κ1) is 11.5. The molecule has 0 saturated carbocycles. The lowest BCUT2D eigenvalue weighted by molar-refractivity contribution is 0.0949. The molecule has 88 valence electrons. The number of hydrogen-bond acceptors (Lipinski definition) is 4. The van der Waals surface area contributed by atoms with E-state index in [4.69, 9.17) is 0 Å². The van der Waals surface area contributed by atoms with Gasteiger partial charge < -0.3 is 10.3 Å². The van der Waals surface area contributed by atoms with Crippen molar-refractivity contribution in [3.05, 3.63) is 50.8 Å². The molecule has 0 radical (unpaired) electrons. The van der Waals surface area contributed by atoms with E-state index in [9.17, 15) is 9.59 Å². The molecule has 0 saturated heterocycles. The number of thiazole rings is 1. The molecule has 0 spiro atoms. The minimum Gasteiger partial charge on any atom is -0.350 e. The molecule has 6 heteroatoms. The molecule has 5 nitrogen and oxygen atoms in total. The minimum absolute atomic E-state index is 0.274. The lowest BCUT2D eigenvalue weighted by Crippen LogP contribution is -2.28. The third-order valence-electron chi connectivity index (χ3n) is 2.16. The van der Waals surface area contributed by atoms with Gasteiger partial charge in [-0.15, -0.1) is 11.3 Å². The third-order valence-corrected chi connectivity index (χ3v) is 2.80. The van der Waals surface area contributed by atoms with Crippen molar-refractivity contribution in [2.75, 3.05) is 6.54 Å². The van der Waals surface area contributed by atoms with E-state index in [0.717, 1.165) is 5.69 Å². The van der Waals surface area contributed by atoms with Gasteiger partial charge in [0.15, 0.2) is 0 Å². The number of pyridine rings is 1. The molecule has 1 amide bonds. The van der Waals surface area contributed by atoms with E-state index in [1.165, 1.54) is 17.4 Å². The smallest absolute Gasteiger partial charge is 0.267 e. The highest BCUT2D eigenvalue weighted by atomic mass is 32.1. The fraction of sp³-hybridized carbons (Fsp3) is 0.182. The molecule has 0 bridgehead atoms. The number of carbonyl (C=O) groups is 1. The number of aromatic nitrogens is 2. The van der Waals surface area contributed by atoms with Gasteiger partial charge in [-0.1, -0.05) is 6.07 Å². The predicted molar refractivity (Wildman–Crippen MR) is 65.2 cm³/mol. The monoisotopic (exact) mass is 249 g/mol. The Morgan fingerprint density at radius 1 is 1.47 bits per heavy atom. The first-order valence-electron chi connectivity index (χ1n) is 5.10. The Morgan fingerprint density at radius 2 is 2.35 bits per heavy atom. The minimum atomic E-state index is -0.280. The Kier molecular flexibility index (Phi) is 3.66. The quantitative estimate of drug-likeness (QED) is 0.841. The van der Waals surface area contributed by atoms with E-state index in [1.807, 2.05) is 5.38 Å². The van der Waals surface area contributed by atoms with E-state index in [2.05, 4.69) is 15.3 Å². The summed E-state index contributed by atoms with van der Waals surface area (Å²) in [5.74, 6) is -0.280. The Morgan fingerprint density at radius 3 is 3.06 bits per heavy atom. The van der Waals surface area contributed by atoms with Crippen LogP contribution in [0.25, 0.3) is 0 Å².